The average Bonchev–Trinajstić information content (AvgIpc) is 3.08. The molecular formula is C19H16ClN3O. The van der Waals surface area contributed by atoms with Crippen molar-refractivity contribution in [2.24, 2.45) is 0 Å². The molecule has 0 aliphatic carbocycles. The first-order valence-corrected chi connectivity index (χ1v) is 7.94. The molecule has 0 N–H and O–H groups in total. The quantitative estimate of drug-likeness (QED) is 0.683. The number of rotatable bonds is 5. The first-order chi connectivity index (χ1) is 11.7. The SMILES string of the molecule is CC(Oc1cc(Cn2ccnc2)ccc1C#N)c1cccc(Cl)c1. The minimum Gasteiger partial charge on any atom is -0.485 e. The van der Waals surface area contributed by atoms with E-state index in [-0.39, 0.29) is 6.10 Å². The topological polar surface area (TPSA) is 50.8 Å². The van der Waals surface area contributed by atoms with Crippen LogP contribution in [0.1, 0.15) is 29.7 Å². The smallest absolute Gasteiger partial charge is 0.138 e. The lowest BCUT2D eigenvalue weighted by Gasteiger charge is -2.17. The highest BCUT2D eigenvalue weighted by molar-refractivity contribution is 6.30. The van der Waals surface area contributed by atoms with Crippen molar-refractivity contribution in [1.82, 2.24) is 9.55 Å². The summed E-state index contributed by atoms with van der Waals surface area (Å²) in [5, 5.41) is 9.99. The molecule has 0 aliphatic rings. The van der Waals surface area contributed by atoms with Crippen LogP contribution in [0.3, 0.4) is 0 Å². The Morgan fingerprint density at radius 3 is 2.88 bits per heavy atom. The van der Waals surface area contributed by atoms with Crippen LogP contribution in [0.2, 0.25) is 5.02 Å². The Morgan fingerprint density at radius 1 is 1.29 bits per heavy atom. The molecule has 0 saturated carbocycles. The third kappa shape index (κ3) is 3.76. The van der Waals surface area contributed by atoms with Crippen LogP contribution >= 0.6 is 11.6 Å². The zero-order valence-electron chi connectivity index (χ0n) is 13.2. The highest BCUT2D eigenvalue weighted by atomic mass is 35.5. The van der Waals surface area contributed by atoms with Crippen molar-refractivity contribution in [3.8, 4) is 11.8 Å². The minimum atomic E-state index is -0.209. The Morgan fingerprint density at radius 2 is 2.17 bits per heavy atom. The molecule has 1 heterocycles. The van der Waals surface area contributed by atoms with Crippen LogP contribution in [0.5, 0.6) is 5.75 Å². The van der Waals surface area contributed by atoms with Gasteiger partial charge < -0.3 is 9.30 Å². The second kappa shape index (κ2) is 7.20. The number of nitrogens with zero attached hydrogens (tertiary/aromatic N) is 3. The molecule has 0 saturated heterocycles. The standard InChI is InChI=1S/C19H16ClN3O/c1-14(16-3-2-4-18(20)10-16)24-19-9-15(5-6-17(19)11-21)12-23-8-7-22-13-23/h2-10,13-14H,12H2,1H3. The van der Waals surface area contributed by atoms with E-state index in [0.717, 1.165) is 11.1 Å². The number of nitriles is 1. The van der Waals surface area contributed by atoms with E-state index in [1.54, 1.807) is 18.6 Å². The molecule has 0 aliphatic heterocycles. The molecule has 0 bridgehead atoms. The maximum absolute atomic E-state index is 9.33. The zero-order chi connectivity index (χ0) is 16.9. The van der Waals surface area contributed by atoms with Gasteiger partial charge in [-0.05, 0) is 42.3 Å². The van der Waals surface area contributed by atoms with Gasteiger partial charge in [0, 0.05) is 24.0 Å². The summed E-state index contributed by atoms with van der Waals surface area (Å²) in [6.07, 6.45) is 5.18. The second-order valence-corrected chi connectivity index (χ2v) is 5.93. The number of benzene rings is 2. The van der Waals surface area contributed by atoms with Crippen LogP contribution in [-0.2, 0) is 6.54 Å². The fraction of sp³-hybridized carbons (Fsp3) is 0.158. The van der Waals surface area contributed by atoms with E-state index in [1.165, 1.54) is 0 Å². The maximum atomic E-state index is 9.33. The molecule has 120 valence electrons. The molecule has 4 nitrogen and oxygen atoms in total. The largest absolute Gasteiger partial charge is 0.485 e. The van der Waals surface area contributed by atoms with Gasteiger partial charge in [0.1, 0.15) is 17.9 Å². The molecule has 0 fully saturated rings. The summed E-state index contributed by atoms with van der Waals surface area (Å²) in [6.45, 7) is 2.61. The van der Waals surface area contributed by atoms with E-state index in [9.17, 15) is 5.26 Å². The van der Waals surface area contributed by atoms with Gasteiger partial charge in [0.2, 0.25) is 0 Å². The molecule has 1 unspecified atom stereocenters. The monoisotopic (exact) mass is 337 g/mol. The van der Waals surface area contributed by atoms with Crippen LogP contribution < -0.4 is 4.74 Å². The molecule has 2 aromatic carbocycles. The maximum Gasteiger partial charge on any atom is 0.138 e. The molecule has 0 amide bonds. The van der Waals surface area contributed by atoms with Gasteiger partial charge in [-0.2, -0.15) is 5.26 Å². The summed E-state index contributed by atoms with van der Waals surface area (Å²) in [6, 6.07) is 15.3. The number of imidazole rings is 1. The lowest BCUT2D eigenvalue weighted by Crippen LogP contribution is -2.05. The van der Waals surface area contributed by atoms with Crippen molar-refractivity contribution in [3.05, 3.63) is 82.9 Å². The van der Waals surface area contributed by atoms with E-state index in [4.69, 9.17) is 16.3 Å². The number of aromatic nitrogens is 2. The van der Waals surface area contributed by atoms with Crippen LogP contribution in [0.25, 0.3) is 0 Å². The molecule has 1 aromatic heterocycles. The predicted molar refractivity (Wildman–Crippen MR) is 93.0 cm³/mol. The minimum absolute atomic E-state index is 0.209. The number of hydrogen-bond donors (Lipinski definition) is 0. The second-order valence-electron chi connectivity index (χ2n) is 5.49. The zero-order valence-corrected chi connectivity index (χ0v) is 13.9. The Balaban J connectivity index is 1.84. The Hall–Kier alpha value is -2.77. The molecule has 3 rings (SSSR count). The lowest BCUT2D eigenvalue weighted by molar-refractivity contribution is 0.226. The third-order valence-electron chi connectivity index (χ3n) is 3.71. The van der Waals surface area contributed by atoms with Gasteiger partial charge in [0.25, 0.3) is 0 Å². The van der Waals surface area contributed by atoms with Crippen LogP contribution in [0, 0.1) is 11.3 Å². The summed E-state index contributed by atoms with van der Waals surface area (Å²) in [5.74, 6) is 0.572. The predicted octanol–water partition coefficient (Wildman–Crippen LogP) is 4.60. The molecular weight excluding hydrogens is 322 g/mol. The summed E-state index contributed by atoms with van der Waals surface area (Å²) < 4.78 is 8.00. The van der Waals surface area contributed by atoms with Crippen molar-refractivity contribution in [1.29, 1.82) is 5.26 Å². The van der Waals surface area contributed by atoms with Gasteiger partial charge in [-0.15, -0.1) is 0 Å². The summed E-state index contributed by atoms with van der Waals surface area (Å²) in [5.41, 5.74) is 2.52. The molecule has 0 radical (unpaired) electrons. The summed E-state index contributed by atoms with van der Waals surface area (Å²) in [7, 11) is 0. The van der Waals surface area contributed by atoms with E-state index in [0.29, 0.717) is 22.9 Å². The fourth-order valence-electron chi connectivity index (χ4n) is 2.46. The van der Waals surface area contributed by atoms with Gasteiger partial charge in [-0.3, -0.25) is 0 Å². The van der Waals surface area contributed by atoms with Crippen LogP contribution in [-0.4, -0.2) is 9.55 Å². The number of halogens is 1. The first-order valence-electron chi connectivity index (χ1n) is 7.56. The number of hydrogen-bond acceptors (Lipinski definition) is 3. The fourth-order valence-corrected chi connectivity index (χ4v) is 2.66. The van der Waals surface area contributed by atoms with E-state index in [2.05, 4.69) is 11.1 Å². The lowest BCUT2D eigenvalue weighted by atomic mass is 10.1. The van der Waals surface area contributed by atoms with Crippen molar-refractivity contribution in [3.63, 3.8) is 0 Å². The summed E-state index contributed by atoms with van der Waals surface area (Å²) in [4.78, 5) is 4.04. The first kappa shape index (κ1) is 16.1. The molecule has 5 heteroatoms. The highest BCUT2D eigenvalue weighted by Gasteiger charge is 2.12. The Kier molecular flexibility index (Phi) is 4.83. The van der Waals surface area contributed by atoms with Crippen LogP contribution in [0.15, 0.2) is 61.2 Å². The van der Waals surface area contributed by atoms with Crippen molar-refractivity contribution < 1.29 is 4.74 Å². The highest BCUT2D eigenvalue weighted by Crippen LogP contribution is 2.27. The Labute approximate surface area is 145 Å². The summed E-state index contributed by atoms with van der Waals surface area (Å²) >= 11 is 6.04. The molecule has 1 atom stereocenters. The third-order valence-corrected chi connectivity index (χ3v) is 3.95. The van der Waals surface area contributed by atoms with E-state index < -0.39 is 0 Å². The van der Waals surface area contributed by atoms with Crippen molar-refractivity contribution in [2.45, 2.75) is 19.6 Å². The van der Waals surface area contributed by atoms with Gasteiger partial charge in [0.15, 0.2) is 0 Å². The van der Waals surface area contributed by atoms with Gasteiger partial charge >= 0.3 is 0 Å². The normalized spacial score (nSPS) is 11.7. The molecule has 0 spiro atoms. The van der Waals surface area contributed by atoms with Crippen molar-refractivity contribution >= 4 is 11.6 Å². The van der Waals surface area contributed by atoms with Gasteiger partial charge in [-0.1, -0.05) is 29.8 Å². The van der Waals surface area contributed by atoms with Crippen molar-refractivity contribution in [2.75, 3.05) is 0 Å². The number of ether oxygens (including phenoxy) is 1. The molecule has 24 heavy (non-hydrogen) atoms. The van der Waals surface area contributed by atoms with Gasteiger partial charge in [-0.25, -0.2) is 4.98 Å². The van der Waals surface area contributed by atoms with E-state index >= 15 is 0 Å². The van der Waals surface area contributed by atoms with Gasteiger partial charge in [0.05, 0.1) is 11.9 Å². The Bertz CT molecular complexity index is 869. The average molecular weight is 338 g/mol. The molecule has 3 aromatic rings. The van der Waals surface area contributed by atoms with E-state index in [1.807, 2.05) is 54.1 Å². The van der Waals surface area contributed by atoms with Crippen LogP contribution in [0.4, 0.5) is 0 Å².